The van der Waals surface area contributed by atoms with Crippen LogP contribution in [0.1, 0.15) is 34.1 Å². The minimum atomic E-state index is -4.40. The topological polar surface area (TPSA) is 267 Å². The summed E-state index contributed by atoms with van der Waals surface area (Å²) in [7, 11) is -0.140. The van der Waals surface area contributed by atoms with Crippen molar-refractivity contribution in [2.75, 3.05) is 32.8 Å². The maximum atomic E-state index is 12.6. The first-order chi connectivity index (χ1) is 25.6. The minimum Gasteiger partial charge on any atom is -0.870 e. The smallest absolute Gasteiger partial charge is 0.432 e. The molecule has 4 aromatic rings. The predicted molar refractivity (Wildman–Crippen MR) is 212 cm³/mol. The zero-order valence-corrected chi connectivity index (χ0v) is 35.1. The number of benzene rings is 2. The zero-order valence-electron chi connectivity index (χ0n) is 30.4. The summed E-state index contributed by atoms with van der Waals surface area (Å²) in [5.74, 6) is 0.358. The highest BCUT2D eigenvalue weighted by atomic mass is 35.5. The molecule has 26 heteroatoms. The van der Waals surface area contributed by atoms with Crippen LogP contribution in [-0.2, 0) is 44.2 Å². The van der Waals surface area contributed by atoms with Gasteiger partial charge in [0.2, 0.25) is 11.1 Å². The van der Waals surface area contributed by atoms with Gasteiger partial charge in [-0.05, 0) is 49.6 Å². The molecule has 0 fully saturated rings. The molecule has 4 N–H and O–H groups in total. The largest absolute Gasteiger partial charge is 0.870 e. The molecule has 0 aliphatic carbocycles. The van der Waals surface area contributed by atoms with Gasteiger partial charge in [-0.2, -0.15) is 9.76 Å². The zero-order chi connectivity index (χ0) is 40.6. The molecule has 2 heterocycles. The third-order valence-electron chi connectivity index (χ3n) is 6.17. The van der Waals surface area contributed by atoms with E-state index in [1.165, 1.54) is 41.6 Å². The number of carbonyl (C=O) groups is 2. The third kappa shape index (κ3) is 14.5. The van der Waals surface area contributed by atoms with E-state index in [1.54, 1.807) is 36.2 Å². The van der Waals surface area contributed by atoms with Crippen LogP contribution in [0.2, 0.25) is 10.0 Å². The Morgan fingerprint density at radius 3 is 1.96 bits per heavy atom. The number of amides is 2. The lowest BCUT2D eigenvalue weighted by Gasteiger charge is -2.13. The monoisotopic (exact) mass is 905 g/mol. The van der Waals surface area contributed by atoms with Crippen LogP contribution in [0.4, 0.5) is 9.59 Å². The molecule has 20 nitrogen and oxygen atoms in total. The lowest BCUT2D eigenvalue weighted by molar-refractivity contribution is 0.125. The molecule has 1 atom stereocenters. The summed E-state index contributed by atoms with van der Waals surface area (Å²) in [4.78, 5) is 45.6. The fraction of sp³-hybridized carbons (Fsp3) is 0.400. The van der Waals surface area contributed by atoms with E-state index < -0.39 is 38.9 Å². The van der Waals surface area contributed by atoms with Gasteiger partial charge in [0.25, 0.3) is 10.0 Å². The molecular formula is C30H43Cl2N8O12S4-. The summed E-state index contributed by atoms with van der Waals surface area (Å²) in [5.41, 5.74) is 0.924. The summed E-state index contributed by atoms with van der Waals surface area (Å²) in [6, 6.07) is 7.94. The van der Waals surface area contributed by atoms with Crippen LogP contribution in [0.15, 0.2) is 66.1 Å². The average molecular weight is 907 g/mol. The maximum Gasteiger partial charge on any atom is 0.432 e. The van der Waals surface area contributed by atoms with E-state index in [4.69, 9.17) is 32.7 Å². The van der Waals surface area contributed by atoms with Crippen molar-refractivity contribution in [3.63, 3.8) is 0 Å². The van der Waals surface area contributed by atoms with Crippen molar-refractivity contribution < 1.29 is 46.2 Å². The molecule has 2 aromatic heterocycles. The normalized spacial score (nSPS) is 10.9. The Morgan fingerprint density at radius 1 is 0.929 bits per heavy atom. The third-order valence-corrected chi connectivity index (χ3v) is 10.9. The fourth-order valence-corrected chi connectivity index (χ4v) is 7.38. The number of hydrogen-bond donors (Lipinski definition) is 3. The number of halogens is 2. The molecular weight excluding hydrogens is 864 g/mol. The molecule has 0 radical (unpaired) electrons. The van der Waals surface area contributed by atoms with Gasteiger partial charge in [0, 0.05) is 14.1 Å². The molecule has 1 unspecified atom stereocenters. The Hall–Kier alpha value is -4.04. The van der Waals surface area contributed by atoms with E-state index in [0.29, 0.717) is 28.6 Å². The quantitative estimate of drug-likeness (QED) is 0.124. The van der Waals surface area contributed by atoms with Crippen LogP contribution >= 0.6 is 46.7 Å². The number of aromatic nitrogens is 6. The molecule has 314 valence electrons. The van der Waals surface area contributed by atoms with Crippen molar-refractivity contribution >= 4 is 80.0 Å². The number of nitrogens with one attached hydrogen (secondary N) is 3. The van der Waals surface area contributed by atoms with Gasteiger partial charge in [-0.3, -0.25) is 9.13 Å². The van der Waals surface area contributed by atoms with Crippen LogP contribution in [0, 0.1) is 0 Å². The number of methoxy groups -OCH3 is 1. The Bertz CT molecular complexity index is 2140. The second-order valence-corrected chi connectivity index (χ2v) is 15.0. The molecule has 4 rings (SSSR count). The molecule has 2 amide bonds. The van der Waals surface area contributed by atoms with E-state index >= 15 is 0 Å². The van der Waals surface area contributed by atoms with Crippen molar-refractivity contribution in [2.24, 2.45) is 14.1 Å². The number of H-pyrrole nitrogens is 1. The van der Waals surface area contributed by atoms with Gasteiger partial charge >= 0.3 is 23.5 Å². The molecule has 2 aromatic carbocycles. The van der Waals surface area contributed by atoms with E-state index in [0.717, 1.165) is 29.9 Å². The van der Waals surface area contributed by atoms with Crippen molar-refractivity contribution in [2.45, 2.75) is 54.2 Å². The minimum absolute atomic E-state index is 0. The van der Waals surface area contributed by atoms with Gasteiger partial charge in [0.1, 0.15) is 21.3 Å². The number of rotatable bonds is 13. The van der Waals surface area contributed by atoms with Crippen LogP contribution < -0.4 is 31.1 Å². The lowest BCUT2D eigenvalue weighted by atomic mass is 10.3. The number of hydroxylamine groups is 1. The van der Waals surface area contributed by atoms with Gasteiger partial charge in [0.05, 0.1) is 30.4 Å². The van der Waals surface area contributed by atoms with Gasteiger partial charge in [-0.15, -0.1) is 14.9 Å². The van der Waals surface area contributed by atoms with Gasteiger partial charge in [0.15, 0.2) is 10.3 Å². The average Bonchev–Trinajstić information content (AvgIpc) is 3.63. The maximum absolute atomic E-state index is 12.6. The number of sulfonamides is 1. The van der Waals surface area contributed by atoms with Crippen molar-refractivity contribution in [1.29, 1.82) is 0 Å². The first-order valence-corrected chi connectivity index (χ1v) is 21.0. The SMILES string of the molecule is C.CCCOc1cccc(Cl)c1S(=O)(=O)NC(=O)n1nc(SC)n(C)c1=O.CCCOc1cccc(Cl)c1S(=O)ONC(=O)OC.CSc1n[nH]c(=O)n1C.[OH-]. The standard InChI is InChI=1S/C14H17ClN4O5S2.C11H14ClNO5S.C4H7N3OS.CH4.H2O/c1-4-8-24-10-7-5-6-9(15)11(10)26(22,23)17-12(20)19-14(21)18(2)13(16-19)25-3;1-3-7-17-9-6-4-5-8(12)10(9)19(15)18-13-11(14)16-2;1-7-3(8)5-6-4(7)9-2;;/h5-7H,4,8H2,1-3H3,(H,17,20);4-6H,3,7H2,1-2H3,(H,13,14);1-2H3,(H,5,8);1H4;1H2/p-1. The summed E-state index contributed by atoms with van der Waals surface area (Å²) in [5, 5.41) is 10.9. The molecule has 0 aliphatic rings. The Labute approximate surface area is 343 Å². The Kier molecular flexibility index (Phi) is 23.4. The predicted octanol–water partition coefficient (Wildman–Crippen LogP) is 4.42. The summed E-state index contributed by atoms with van der Waals surface area (Å²) >= 11 is 12.5. The number of nitrogens with zero attached hydrogens (tertiary/aromatic N) is 5. The van der Waals surface area contributed by atoms with Crippen molar-refractivity contribution in [3.8, 4) is 11.5 Å². The molecule has 0 saturated carbocycles. The van der Waals surface area contributed by atoms with E-state index in [9.17, 15) is 31.8 Å². The summed E-state index contributed by atoms with van der Waals surface area (Å²) in [6.07, 6.45) is 4.12. The number of thioether (sulfide) groups is 2. The number of carbonyl (C=O) groups excluding carboxylic acids is 2. The van der Waals surface area contributed by atoms with Crippen molar-refractivity contribution in [1.82, 2.24) is 39.3 Å². The first kappa shape index (κ1) is 52.0. The molecule has 0 spiro atoms. The van der Waals surface area contributed by atoms with Gasteiger partial charge in [-0.1, -0.05) is 80.1 Å². The van der Waals surface area contributed by atoms with Gasteiger partial charge < -0.3 is 19.7 Å². The highest BCUT2D eigenvalue weighted by molar-refractivity contribution is 7.98. The lowest BCUT2D eigenvalue weighted by Crippen LogP contribution is -2.40. The van der Waals surface area contributed by atoms with Crippen molar-refractivity contribution in [3.05, 3.63) is 67.4 Å². The second-order valence-electron chi connectivity index (χ2n) is 9.97. The fourth-order valence-electron chi connectivity index (χ4n) is 3.66. The van der Waals surface area contributed by atoms with Gasteiger partial charge in [-0.25, -0.2) is 41.6 Å². The molecule has 56 heavy (non-hydrogen) atoms. The van der Waals surface area contributed by atoms with E-state index in [1.807, 2.05) is 25.6 Å². The highest BCUT2D eigenvalue weighted by Gasteiger charge is 2.28. The Balaban J connectivity index is 0.000000883. The van der Waals surface area contributed by atoms with Crippen LogP contribution in [-0.4, -0.2) is 92.2 Å². The van der Waals surface area contributed by atoms with Crippen LogP contribution in [0.3, 0.4) is 0 Å². The van der Waals surface area contributed by atoms with E-state index in [-0.39, 0.29) is 55.9 Å². The summed E-state index contributed by atoms with van der Waals surface area (Å²) < 4.78 is 61.8. The number of aromatic amines is 1. The molecule has 0 bridgehead atoms. The Morgan fingerprint density at radius 2 is 1.48 bits per heavy atom. The molecule has 0 aliphatic heterocycles. The number of hydrogen-bond acceptors (Lipinski definition) is 16. The van der Waals surface area contributed by atoms with Crippen LogP contribution in [0.25, 0.3) is 0 Å². The first-order valence-electron chi connectivity index (χ1n) is 15.3. The summed E-state index contributed by atoms with van der Waals surface area (Å²) in [6.45, 7) is 4.52. The second kappa shape index (κ2) is 25.3. The highest BCUT2D eigenvalue weighted by Crippen LogP contribution is 2.32. The van der Waals surface area contributed by atoms with E-state index in [2.05, 4.69) is 24.3 Å². The molecule has 0 saturated heterocycles. The van der Waals surface area contributed by atoms with Crippen LogP contribution in [0.5, 0.6) is 11.5 Å². The number of ether oxygens (including phenoxy) is 3.